The summed E-state index contributed by atoms with van der Waals surface area (Å²) in [5.41, 5.74) is 1.51. The first-order valence-electron chi connectivity index (χ1n) is 7.45. The monoisotopic (exact) mass is 325 g/mol. The van der Waals surface area contributed by atoms with E-state index in [0.29, 0.717) is 11.4 Å². The van der Waals surface area contributed by atoms with Gasteiger partial charge in [0.25, 0.3) is 5.91 Å². The molecule has 0 fully saturated rings. The maximum absolute atomic E-state index is 14.2. The molecule has 2 aromatic carbocycles. The van der Waals surface area contributed by atoms with Gasteiger partial charge in [0.1, 0.15) is 5.82 Å². The van der Waals surface area contributed by atoms with Crippen LogP contribution in [0.5, 0.6) is 0 Å². The molecule has 1 aliphatic heterocycles. The van der Waals surface area contributed by atoms with Crippen molar-refractivity contribution in [3.05, 3.63) is 77.2 Å². The van der Waals surface area contributed by atoms with Crippen molar-refractivity contribution >= 4 is 17.6 Å². The molecule has 1 unspecified atom stereocenters. The van der Waals surface area contributed by atoms with Gasteiger partial charge in [0.2, 0.25) is 0 Å². The molecule has 3 rings (SSSR count). The molecular weight excluding hydrogens is 309 g/mol. The third kappa shape index (κ3) is 3.12. The molecule has 3 N–H and O–H groups in total. The fourth-order valence-corrected chi connectivity index (χ4v) is 2.66. The van der Waals surface area contributed by atoms with Crippen LogP contribution >= 0.6 is 0 Å². The Labute approximate surface area is 138 Å². The minimum absolute atomic E-state index is 0.241. The van der Waals surface area contributed by atoms with Crippen molar-refractivity contribution in [1.29, 1.82) is 0 Å². The number of carbonyl (C=O) groups is 2. The molecule has 0 bridgehead atoms. The van der Waals surface area contributed by atoms with Gasteiger partial charge in [-0.15, -0.1) is 0 Å². The number of allylic oxidation sites excluding steroid dienone is 1. The van der Waals surface area contributed by atoms with E-state index in [1.165, 1.54) is 6.07 Å². The average molecular weight is 325 g/mol. The van der Waals surface area contributed by atoms with E-state index in [4.69, 9.17) is 0 Å². The predicted molar refractivity (Wildman–Crippen MR) is 88.6 cm³/mol. The smallest absolute Gasteiger partial charge is 0.319 e. The lowest BCUT2D eigenvalue weighted by molar-refractivity contribution is -0.113. The Morgan fingerprint density at radius 1 is 1.08 bits per heavy atom. The van der Waals surface area contributed by atoms with E-state index in [1.807, 2.05) is 6.07 Å². The van der Waals surface area contributed by atoms with Crippen LogP contribution in [0.2, 0.25) is 0 Å². The van der Waals surface area contributed by atoms with Gasteiger partial charge in [-0.1, -0.05) is 36.4 Å². The quantitative estimate of drug-likeness (QED) is 0.811. The Morgan fingerprint density at radius 3 is 2.46 bits per heavy atom. The third-order valence-electron chi connectivity index (χ3n) is 3.76. The Balaban J connectivity index is 1.98. The van der Waals surface area contributed by atoms with E-state index in [-0.39, 0.29) is 11.1 Å². The molecule has 0 radical (unpaired) electrons. The molecule has 0 saturated carbocycles. The zero-order chi connectivity index (χ0) is 17.1. The number of para-hydroxylation sites is 1. The van der Waals surface area contributed by atoms with Crippen molar-refractivity contribution < 1.29 is 14.0 Å². The molecule has 6 heteroatoms. The summed E-state index contributed by atoms with van der Waals surface area (Å²) in [6.07, 6.45) is 0. The summed E-state index contributed by atoms with van der Waals surface area (Å²) in [6, 6.07) is 13.7. The van der Waals surface area contributed by atoms with Gasteiger partial charge < -0.3 is 16.0 Å². The lowest BCUT2D eigenvalue weighted by atomic mass is 9.94. The van der Waals surface area contributed by atoms with Gasteiger partial charge in [-0.2, -0.15) is 0 Å². The lowest BCUT2D eigenvalue weighted by Gasteiger charge is -2.28. The van der Waals surface area contributed by atoms with Gasteiger partial charge in [-0.3, -0.25) is 4.79 Å². The van der Waals surface area contributed by atoms with Gasteiger partial charge >= 0.3 is 6.03 Å². The molecule has 0 aliphatic carbocycles. The maximum Gasteiger partial charge on any atom is 0.319 e. The van der Waals surface area contributed by atoms with Crippen molar-refractivity contribution in [2.75, 3.05) is 5.32 Å². The summed E-state index contributed by atoms with van der Waals surface area (Å²) in [5, 5.41) is 7.94. The SMILES string of the molecule is CC1=C(C(=O)Nc2ccccc2)C(c2ccccc2F)NC(=O)N1. The first-order valence-corrected chi connectivity index (χ1v) is 7.45. The third-order valence-corrected chi connectivity index (χ3v) is 3.76. The van der Waals surface area contributed by atoms with E-state index in [9.17, 15) is 14.0 Å². The first-order chi connectivity index (χ1) is 11.6. The van der Waals surface area contributed by atoms with Crippen molar-refractivity contribution in [2.45, 2.75) is 13.0 Å². The molecular formula is C18H16FN3O2. The van der Waals surface area contributed by atoms with Gasteiger partial charge in [0, 0.05) is 16.9 Å². The molecule has 0 spiro atoms. The van der Waals surface area contributed by atoms with Crippen LogP contribution in [0.25, 0.3) is 0 Å². The summed E-state index contributed by atoms with van der Waals surface area (Å²) in [5.74, 6) is -0.887. The summed E-state index contributed by atoms with van der Waals surface area (Å²) in [6.45, 7) is 1.62. The van der Waals surface area contributed by atoms with E-state index in [1.54, 1.807) is 49.4 Å². The van der Waals surface area contributed by atoms with Crippen LogP contribution in [0, 0.1) is 5.82 Å². The second-order valence-corrected chi connectivity index (χ2v) is 5.41. The fraction of sp³-hybridized carbons (Fsp3) is 0.111. The van der Waals surface area contributed by atoms with Gasteiger partial charge in [0.05, 0.1) is 11.6 Å². The summed E-state index contributed by atoms with van der Waals surface area (Å²) in [4.78, 5) is 24.5. The number of benzene rings is 2. The number of nitrogens with one attached hydrogen (secondary N) is 3. The Bertz CT molecular complexity index is 818. The number of hydrogen-bond donors (Lipinski definition) is 3. The number of halogens is 1. The van der Waals surface area contributed by atoms with Crippen LogP contribution in [0.15, 0.2) is 65.9 Å². The highest BCUT2D eigenvalue weighted by Gasteiger charge is 2.32. The molecule has 1 aliphatic rings. The average Bonchev–Trinajstić information content (AvgIpc) is 2.55. The van der Waals surface area contributed by atoms with Crippen molar-refractivity contribution in [2.24, 2.45) is 0 Å². The highest BCUT2D eigenvalue weighted by atomic mass is 19.1. The van der Waals surface area contributed by atoms with Gasteiger partial charge in [0.15, 0.2) is 0 Å². The lowest BCUT2D eigenvalue weighted by Crippen LogP contribution is -2.46. The Morgan fingerprint density at radius 2 is 1.75 bits per heavy atom. The van der Waals surface area contributed by atoms with Crippen molar-refractivity contribution in [1.82, 2.24) is 10.6 Å². The second kappa shape index (κ2) is 6.54. The molecule has 1 atom stereocenters. The number of urea groups is 1. The Kier molecular flexibility index (Phi) is 4.29. The normalized spacial score (nSPS) is 17.1. The molecule has 2 aromatic rings. The standard InChI is InChI=1S/C18H16FN3O2/c1-11-15(17(23)21-12-7-3-2-4-8-12)16(22-18(24)20-11)13-9-5-6-10-14(13)19/h2-10,16H,1H3,(H,21,23)(H2,20,22,24). The second-order valence-electron chi connectivity index (χ2n) is 5.41. The van der Waals surface area contributed by atoms with E-state index in [2.05, 4.69) is 16.0 Å². The minimum atomic E-state index is -0.858. The van der Waals surface area contributed by atoms with Crippen molar-refractivity contribution in [3.63, 3.8) is 0 Å². The first kappa shape index (κ1) is 15.7. The molecule has 3 amide bonds. The Hall–Kier alpha value is -3.15. The topological polar surface area (TPSA) is 70.2 Å². The van der Waals surface area contributed by atoms with Gasteiger partial charge in [-0.05, 0) is 25.1 Å². The van der Waals surface area contributed by atoms with Gasteiger partial charge in [-0.25, -0.2) is 9.18 Å². The largest absolute Gasteiger partial charge is 0.327 e. The molecule has 122 valence electrons. The van der Waals surface area contributed by atoms with Crippen LogP contribution in [-0.2, 0) is 4.79 Å². The maximum atomic E-state index is 14.2. The number of carbonyl (C=O) groups excluding carboxylic acids is 2. The zero-order valence-corrected chi connectivity index (χ0v) is 13.0. The predicted octanol–water partition coefficient (Wildman–Crippen LogP) is 3.09. The fourth-order valence-electron chi connectivity index (χ4n) is 2.66. The van der Waals surface area contributed by atoms with E-state index >= 15 is 0 Å². The van der Waals surface area contributed by atoms with E-state index < -0.39 is 23.8 Å². The number of anilines is 1. The minimum Gasteiger partial charge on any atom is -0.327 e. The van der Waals surface area contributed by atoms with Crippen molar-refractivity contribution in [3.8, 4) is 0 Å². The van der Waals surface area contributed by atoms with E-state index in [0.717, 1.165) is 0 Å². The number of hydrogen-bond acceptors (Lipinski definition) is 2. The highest BCUT2D eigenvalue weighted by molar-refractivity contribution is 6.06. The summed E-state index contributed by atoms with van der Waals surface area (Å²) >= 11 is 0. The van der Waals surface area contributed by atoms with Crippen LogP contribution < -0.4 is 16.0 Å². The highest BCUT2D eigenvalue weighted by Crippen LogP contribution is 2.29. The zero-order valence-electron chi connectivity index (χ0n) is 13.0. The molecule has 1 heterocycles. The summed E-state index contributed by atoms with van der Waals surface area (Å²) < 4.78 is 14.2. The molecule has 0 saturated heterocycles. The number of rotatable bonds is 3. The molecule has 24 heavy (non-hydrogen) atoms. The molecule has 0 aromatic heterocycles. The van der Waals surface area contributed by atoms with Crippen LogP contribution in [0.1, 0.15) is 18.5 Å². The van der Waals surface area contributed by atoms with Crippen LogP contribution in [0.3, 0.4) is 0 Å². The number of amides is 3. The molecule has 5 nitrogen and oxygen atoms in total. The van der Waals surface area contributed by atoms with Crippen LogP contribution in [0.4, 0.5) is 14.9 Å². The summed E-state index contributed by atoms with van der Waals surface area (Å²) in [7, 11) is 0. The van der Waals surface area contributed by atoms with Crippen LogP contribution in [-0.4, -0.2) is 11.9 Å².